The smallest absolute Gasteiger partial charge is 0.142 e. The van der Waals surface area contributed by atoms with Gasteiger partial charge in [-0.15, -0.1) is 0 Å². The Balaban J connectivity index is 0.00000182. The van der Waals surface area contributed by atoms with Crippen LogP contribution in [0.25, 0.3) is 11.1 Å². The van der Waals surface area contributed by atoms with E-state index in [9.17, 15) is 0 Å². The summed E-state index contributed by atoms with van der Waals surface area (Å²) in [5.41, 5.74) is 6.99. The second-order valence-electron chi connectivity index (χ2n) is 7.14. The van der Waals surface area contributed by atoms with Crippen LogP contribution in [0, 0.1) is 0 Å². The molecule has 0 bridgehead atoms. The zero-order chi connectivity index (χ0) is 16.7. The second-order valence-corrected chi connectivity index (χ2v) is 8.06. The molecule has 0 aromatic heterocycles. The van der Waals surface area contributed by atoms with Crippen molar-refractivity contribution in [1.29, 1.82) is 0 Å². The van der Waals surface area contributed by atoms with Crippen LogP contribution >= 0.6 is 15.9 Å². The number of hydrogen-bond donors (Lipinski definition) is 0. The van der Waals surface area contributed by atoms with Gasteiger partial charge in [0, 0.05) is 21.2 Å². The maximum atomic E-state index is 3.66. The van der Waals surface area contributed by atoms with E-state index in [1.165, 1.54) is 27.8 Å². The van der Waals surface area contributed by atoms with Gasteiger partial charge in [-0.2, -0.15) is 0 Å². The Bertz CT molecular complexity index is 888. The number of benzene rings is 3. The lowest BCUT2D eigenvalue weighted by molar-refractivity contribution is -0.927. The number of hydrogen-bond acceptors (Lipinski definition) is 0. The van der Waals surface area contributed by atoms with Gasteiger partial charge in [-0.1, -0.05) is 76.6 Å². The highest BCUT2D eigenvalue weighted by Gasteiger charge is 2.39. The molecule has 0 saturated heterocycles. The van der Waals surface area contributed by atoms with Crippen molar-refractivity contribution < 1.29 is 21.5 Å². The van der Waals surface area contributed by atoms with Crippen LogP contribution in [0.3, 0.4) is 0 Å². The highest BCUT2D eigenvalue weighted by molar-refractivity contribution is 9.10. The fourth-order valence-electron chi connectivity index (χ4n) is 4.05. The average molecular weight is 459 g/mol. The molecule has 1 nitrogen and oxygen atoms in total. The van der Waals surface area contributed by atoms with Gasteiger partial charge in [0.1, 0.15) is 12.6 Å². The summed E-state index contributed by atoms with van der Waals surface area (Å²) in [7, 11) is 4.68. The molecule has 1 aliphatic carbocycles. The molecule has 3 heteroatoms. The third-order valence-corrected chi connectivity index (χ3v) is 5.48. The maximum absolute atomic E-state index is 3.66. The SMILES string of the molecule is C[N+](C)(Cc1ccccc1)C1c2ccccc2-c2ccc(Br)cc21.[Br-]. The minimum atomic E-state index is 0. The first-order valence-corrected chi connectivity index (χ1v) is 9.11. The normalized spacial score (nSPS) is 15.2. The highest BCUT2D eigenvalue weighted by atomic mass is 79.9. The summed E-state index contributed by atoms with van der Waals surface area (Å²) in [5, 5.41) is 0. The third kappa shape index (κ3) is 3.33. The summed E-state index contributed by atoms with van der Waals surface area (Å²) in [6.07, 6.45) is 0. The molecule has 0 fully saturated rings. The molecule has 0 amide bonds. The molecule has 25 heavy (non-hydrogen) atoms. The molecule has 4 rings (SSSR count). The Hall–Kier alpha value is -1.42. The molecule has 0 N–H and O–H groups in total. The van der Waals surface area contributed by atoms with Crippen LogP contribution in [0.4, 0.5) is 0 Å². The Morgan fingerprint density at radius 1 is 0.800 bits per heavy atom. The largest absolute Gasteiger partial charge is 1.00 e. The number of nitrogens with zero attached hydrogens (tertiary/aromatic N) is 1. The van der Waals surface area contributed by atoms with Crippen molar-refractivity contribution in [3.63, 3.8) is 0 Å². The van der Waals surface area contributed by atoms with E-state index >= 15 is 0 Å². The Labute approximate surface area is 168 Å². The average Bonchev–Trinajstić information content (AvgIpc) is 2.89. The Morgan fingerprint density at radius 2 is 1.44 bits per heavy atom. The summed E-state index contributed by atoms with van der Waals surface area (Å²) in [4.78, 5) is 0. The lowest BCUT2D eigenvalue weighted by Gasteiger charge is -2.37. The van der Waals surface area contributed by atoms with Crippen LogP contribution in [-0.4, -0.2) is 18.6 Å². The van der Waals surface area contributed by atoms with E-state index in [1.54, 1.807) is 0 Å². The molecule has 0 radical (unpaired) electrons. The molecule has 1 atom stereocenters. The van der Waals surface area contributed by atoms with Crippen LogP contribution in [0.5, 0.6) is 0 Å². The molecule has 3 aromatic carbocycles. The summed E-state index contributed by atoms with van der Waals surface area (Å²) < 4.78 is 2.06. The standard InChI is InChI=1S/C22H21BrN.BrH/c1-24(2,15-16-8-4-3-5-9-16)22-20-11-7-6-10-18(20)19-13-12-17(23)14-21(19)22;/h3-14,22H,15H2,1-2H3;1H/q+1;/p-1. The lowest BCUT2D eigenvalue weighted by atomic mass is 10.0. The Morgan fingerprint density at radius 3 is 2.20 bits per heavy atom. The molecule has 0 heterocycles. The van der Waals surface area contributed by atoms with Crippen molar-refractivity contribution >= 4 is 15.9 Å². The van der Waals surface area contributed by atoms with Gasteiger partial charge in [-0.05, 0) is 23.3 Å². The van der Waals surface area contributed by atoms with Gasteiger partial charge in [0.25, 0.3) is 0 Å². The third-order valence-electron chi connectivity index (χ3n) is 4.99. The number of halogens is 2. The second kappa shape index (κ2) is 7.06. The number of rotatable bonds is 3. The molecule has 0 spiro atoms. The van der Waals surface area contributed by atoms with E-state index in [2.05, 4.69) is 103 Å². The zero-order valence-corrected chi connectivity index (χ0v) is 17.6. The molecule has 0 saturated carbocycles. The predicted molar refractivity (Wildman–Crippen MR) is 104 cm³/mol. The van der Waals surface area contributed by atoms with Crippen molar-refractivity contribution in [1.82, 2.24) is 0 Å². The van der Waals surface area contributed by atoms with Crippen molar-refractivity contribution in [3.8, 4) is 11.1 Å². The molecular formula is C22H21Br2N. The summed E-state index contributed by atoms with van der Waals surface area (Å²) in [6, 6.07) is 26.7. The van der Waals surface area contributed by atoms with Crippen molar-refractivity contribution in [2.24, 2.45) is 0 Å². The number of quaternary nitrogens is 1. The van der Waals surface area contributed by atoms with Gasteiger partial charge in [-0.3, -0.25) is 0 Å². The van der Waals surface area contributed by atoms with Crippen molar-refractivity contribution in [2.75, 3.05) is 14.1 Å². The zero-order valence-electron chi connectivity index (χ0n) is 14.4. The molecule has 3 aromatic rings. The molecule has 1 aliphatic rings. The Kier molecular flexibility index (Phi) is 5.19. The van der Waals surface area contributed by atoms with Gasteiger partial charge in [0.05, 0.1) is 14.1 Å². The van der Waals surface area contributed by atoms with Crippen LogP contribution in [0.1, 0.15) is 22.7 Å². The predicted octanol–water partition coefficient (Wildman–Crippen LogP) is 2.80. The fraction of sp³-hybridized carbons (Fsp3) is 0.182. The fourth-order valence-corrected chi connectivity index (χ4v) is 4.43. The topological polar surface area (TPSA) is 0 Å². The summed E-state index contributed by atoms with van der Waals surface area (Å²) in [6.45, 7) is 1.01. The van der Waals surface area contributed by atoms with E-state index in [-0.39, 0.29) is 17.0 Å². The van der Waals surface area contributed by atoms with Gasteiger partial charge < -0.3 is 21.5 Å². The van der Waals surface area contributed by atoms with Crippen LogP contribution in [0.15, 0.2) is 77.3 Å². The first kappa shape index (κ1) is 18.4. The van der Waals surface area contributed by atoms with Crippen LogP contribution in [-0.2, 0) is 6.54 Å². The molecule has 1 unspecified atom stereocenters. The van der Waals surface area contributed by atoms with Gasteiger partial charge in [0.15, 0.2) is 0 Å². The van der Waals surface area contributed by atoms with Crippen molar-refractivity contribution in [3.05, 3.63) is 94.0 Å². The van der Waals surface area contributed by atoms with Crippen LogP contribution in [0.2, 0.25) is 0 Å². The van der Waals surface area contributed by atoms with E-state index in [0.717, 1.165) is 15.5 Å². The quantitative estimate of drug-likeness (QED) is 0.529. The minimum absolute atomic E-state index is 0. The number of fused-ring (bicyclic) bond motifs is 3. The van der Waals surface area contributed by atoms with E-state index < -0.39 is 0 Å². The summed E-state index contributed by atoms with van der Waals surface area (Å²) in [5.74, 6) is 0. The van der Waals surface area contributed by atoms with Crippen molar-refractivity contribution in [2.45, 2.75) is 12.6 Å². The first-order chi connectivity index (χ1) is 11.6. The molecule has 0 aliphatic heterocycles. The van der Waals surface area contributed by atoms with Gasteiger partial charge in [-0.25, -0.2) is 0 Å². The maximum Gasteiger partial charge on any atom is 0.142 e. The monoisotopic (exact) mass is 457 g/mol. The van der Waals surface area contributed by atoms with Crippen LogP contribution < -0.4 is 17.0 Å². The van der Waals surface area contributed by atoms with E-state index in [1.807, 2.05) is 0 Å². The highest BCUT2D eigenvalue weighted by Crippen LogP contribution is 2.49. The van der Waals surface area contributed by atoms with E-state index in [4.69, 9.17) is 0 Å². The molecule has 128 valence electrons. The minimum Gasteiger partial charge on any atom is -1.00 e. The van der Waals surface area contributed by atoms with E-state index in [0.29, 0.717) is 6.04 Å². The van der Waals surface area contributed by atoms with Gasteiger partial charge >= 0.3 is 0 Å². The first-order valence-electron chi connectivity index (χ1n) is 8.31. The van der Waals surface area contributed by atoms with Gasteiger partial charge in [0.2, 0.25) is 0 Å². The summed E-state index contributed by atoms with van der Waals surface area (Å²) >= 11 is 3.66. The lowest BCUT2D eigenvalue weighted by Crippen LogP contribution is -3.00. The molecular weight excluding hydrogens is 438 g/mol.